The van der Waals surface area contributed by atoms with Gasteiger partial charge in [-0.05, 0) is 61.6 Å². The quantitative estimate of drug-likeness (QED) is 0.0198. The van der Waals surface area contributed by atoms with E-state index in [1.807, 2.05) is 51.1 Å². The molecule has 0 spiro atoms. The third-order valence-electron chi connectivity index (χ3n) is 8.59. The van der Waals surface area contributed by atoms with Crippen LogP contribution >= 0.6 is 11.8 Å². The topological polar surface area (TPSA) is 191 Å². The van der Waals surface area contributed by atoms with Crippen LogP contribution in [0, 0.1) is 13.8 Å². The van der Waals surface area contributed by atoms with E-state index >= 15 is 0 Å². The summed E-state index contributed by atoms with van der Waals surface area (Å²) in [5, 5.41) is 27.7. The molecule has 0 aliphatic rings. The number of aromatic nitrogens is 6. The summed E-state index contributed by atoms with van der Waals surface area (Å²) in [5.41, 5.74) is 3.34. The summed E-state index contributed by atoms with van der Waals surface area (Å²) in [6.45, 7) is 13.9. The number of nitrogens with one attached hydrogen (secondary N) is 2. The van der Waals surface area contributed by atoms with Gasteiger partial charge in [0.25, 0.3) is 16.5 Å². The number of anilines is 1. The minimum atomic E-state index is -1.84. The molecular weight excluding hydrogens is 773 g/mol. The molecule has 3 heterocycles. The van der Waals surface area contributed by atoms with Crippen LogP contribution in [0.5, 0.6) is 17.2 Å². The van der Waals surface area contributed by atoms with E-state index in [-0.39, 0.29) is 12.5 Å². The Morgan fingerprint density at radius 3 is 2.53 bits per heavy atom. The number of aryl methyl sites for hydroxylation is 3. The first-order chi connectivity index (χ1) is 27.6. The predicted octanol–water partition coefficient (Wildman–Crippen LogP) is 8.65. The number of fused-ring (bicyclic) bond motifs is 1. The maximum Gasteiger partial charge on any atom is 0.420 e. The average Bonchev–Trinajstić information content (AvgIpc) is 3.94. The van der Waals surface area contributed by atoms with Crippen molar-refractivity contribution in [2.24, 2.45) is 0 Å². The van der Waals surface area contributed by atoms with Crippen LogP contribution in [0.1, 0.15) is 100 Å². The van der Waals surface area contributed by atoms with Crippen LogP contribution < -0.4 is 23.3 Å². The van der Waals surface area contributed by atoms with Gasteiger partial charge in [-0.1, -0.05) is 89.4 Å². The second kappa shape index (κ2) is 23.4. The number of carbonyl (C=O) groups excluding carboxylic acids is 1. The van der Waals surface area contributed by atoms with Crippen LogP contribution in [0.3, 0.4) is 0 Å². The van der Waals surface area contributed by atoms with Crippen LogP contribution in [-0.2, 0) is 28.3 Å². The molecule has 0 aliphatic carbocycles. The molecule has 16 nitrogen and oxygen atoms in total. The van der Waals surface area contributed by atoms with Gasteiger partial charge in [0.15, 0.2) is 23.0 Å². The number of rotatable bonds is 22. The Morgan fingerprint density at radius 1 is 1.04 bits per heavy atom. The lowest BCUT2D eigenvalue weighted by Gasteiger charge is -2.16. The largest absolute Gasteiger partial charge is 0.490 e. The van der Waals surface area contributed by atoms with Gasteiger partial charge in [0.1, 0.15) is 17.8 Å². The summed E-state index contributed by atoms with van der Waals surface area (Å²) in [7, 11) is 1.61. The van der Waals surface area contributed by atoms with Gasteiger partial charge in [0.05, 0.1) is 6.61 Å². The molecule has 3 aromatic heterocycles. The lowest BCUT2D eigenvalue weighted by atomic mass is 10.1. The first-order valence-electron chi connectivity index (χ1n) is 19.0. The molecule has 2 aromatic carbocycles. The SMILES string of the molecule is C=COO.CCCCCCCCOc1ccc(C)cc1OS(=O)NCC(C)c1nnc2cc(N(C)C(=O)Oc3ccc(CSc4nnc(CCC)o4)cc3C)[nH]n12. The number of hydrogen-bond donors (Lipinski definition) is 3. The van der Waals surface area contributed by atoms with E-state index in [9.17, 15) is 9.00 Å². The van der Waals surface area contributed by atoms with E-state index in [0.717, 1.165) is 48.6 Å². The van der Waals surface area contributed by atoms with Crippen molar-refractivity contribution in [3.8, 4) is 17.2 Å². The Hall–Kier alpha value is -4.91. The molecule has 1 amide bonds. The van der Waals surface area contributed by atoms with Gasteiger partial charge in [-0.25, -0.2) is 19.3 Å². The molecule has 18 heteroatoms. The van der Waals surface area contributed by atoms with Gasteiger partial charge in [-0.2, -0.15) is 4.21 Å². The minimum absolute atomic E-state index is 0.222. The van der Waals surface area contributed by atoms with Crippen molar-refractivity contribution in [1.82, 2.24) is 34.7 Å². The number of ether oxygens (including phenoxy) is 2. The predicted molar refractivity (Wildman–Crippen MR) is 220 cm³/mol. The van der Waals surface area contributed by atoms with Gasteiger partial charge in [0.2, 0.25) is 5.89 Å². The number of H-pyrrole nitrogens is 1. The summed E-state index contributed by atoms with van der Waals surface area (Å²) in [6.07, 6.45) is 9.07. The maximum absolute atomic E-state index is 13.2. The second-order valence-corrected chi connectivity index (χ2v) is 15.2. The first kappa shape index (κ1) is 44.8. The summed E-state index contributed by atoms with van der Waals surface area (Å²) < 4.78 is 40.8. The van der Waals surface area contributed by atoms with Crippen molar-refractivity contribution < 1.29 is 37.2 Å². The molecule has 3 N–H and O–H groups in total. The molecule has 0 saturated heterocycles. The summed E-state index contributed by atoms with van der Waals surface area (Å²) in [5.74, 6) is 3.56. The Morgan fingerprint density at radius 2 is 1.79 bits per heavy atom. The Balaban J connectivity index is 0.00000172. The van der Waals surface area contributed by atoms with Gasteiger partial charge < -0.3 is 23.0 Å². The van der Waals surface area contributed by atoms with E-state index in [1.54, 1.807) is 23.7 Å². The fourth-order valence-electron chi connectivity index (χ4n) is 5.47. The molecule has 5 rings (SSSR count). The van der Waals surface area contributed by atoms with E-state index in [4.69, 9.17) is 23.3 Å². The number of thioether (sulfide) groups is 1. The number of amides is 1. The number of carbonyl (C=O) groups is 1. The highest BCUT2D eigenvalue weighted by atomic mass is 32.2. The van der Waals surface area contributed by atoms with Crippen molar-refractivity contribution in [1.29, 1.82) is 0 Å². The molecule has 0 aliphatic heterocycles. The maximum atomic E-state index is 13.2. The average molecular weight is 827 g/mol. The standard InChI is InChI=1S/C37H50N8O6S2.C2H4O2/c1-7-9-10-11-12-13-19-48-30-17-15-25(3)20-31(30)51-53(47)38-23-27(5)35-41-39-32-22-33(43-45(32)35)44(6)37(46)49-29-18-16-28(21-26(29)4)24-52-36-42-40-34(50-36)14-8-2;1-2-4-3/h15-18,20-22,27,38,43H,7-14,19,23-24H2,1-6H3;2-3H,1H2. The molecule has 5 aromatic rings. The van der Waals surface area contributed by atoms with Crippen LogP contribution in [-0.4, -0.2) is 65.8 Å². The number of benzene rings is 2. The third kappa shape index (κ3) is 13.9. The highest BCUT2D eigenvalue weighted by molar-refractivity contribution is 7.98. The van der Waals surface area contributed by atoms with Gasteiger partial charge in [0, 0.05) is 37.8 Å². The molecule has 0 bridgehead atoms. The monoisotopic (exact) mass is 826 g/mol. The zero-order valence-electron chi connectivity index (χ0n) is 33.5. The second-order valence-electron chi connectivity index (χ2n) is 13.3. The van der Waals surface area contributed by atoms with E-state index in [2.05, 4.69) is 55.5 Å². The van der Waals surface area contributed by atoms with E-state index in [0.29, 0.717) is 58.0 Å². The minimum Gasteiger partial charge on any atom is -0.490 e. The summed E-state index contributed by atoms with van der Waals surface area (Å²) in [4.78, 5) is 17.8. The number of aromatic amines is 1. The van der Waals surface area contributed by atoms with E-state index in [1.165, 1.54) is 42.3 Å². The number of nitrogens with zero attached hydrogens (tertiary/aromatic N) is 6. The Kier molecular flexibility index (Phi) is 18.4. The molecule has 2 atom stereocenters. The zero-order chi connectivity index (χ0) is 41.2. The molecule has 0 saturated carbocycles. The van der Waals surface area contributed by atoms with Crippen molar-refractivity contribution in [2.75, 3.05) is 25.1 Å². The molecule has 0 fully saturated rings. The van der Waals surface area contributed by atoms with Gasteiger partial charge in [-0.15, -0.1) is 20.4 Å². The van der Waals surface area contributed by atoms with Crippen molar-refractivity contribution in [2.45, 2.75) is 103 Å². The molecule has 310 valence electrons. The lowest BCUT2D eigenvalue weighted by Crippen LogP contribution is -2.30. The fourth-order valence-corrected chi connectivity index (χ4v) is 6.93. The zero-order valence-corrected chi connectivity index (χ0v) is 35.1. The highest BCUT2D eigenvalue weighted by Crippen LogP contribution is 2.30. The molecular formula is C39H54N8O8S2. The van der Waals surface area contributed by atoms with Crippen LogP contribution in [0.4, 0.5) is 10.6 Å². The third-order valence-corrected chi connectivity index (χ3v) is 10.2. The summed E-state index contributed by atoms with van der Waals surface area (Å²) in [6, 6.07) is 13.0. The molecule has 0 radical (unpaired) electrons. The van der Waals surface area contributed by atoms with Crippen molar-refractivity contribution >= 4 is 40.6 Å². The fraction of sp³-hybridized carbons (Fsp3) is 0.462. The Labute approximate surface area is 340 Å². The van der Waals surface area contributed by atoms with Crippen LogP contribution in [0.15, 0.2) is 64.9 Å². The van der Waals surface area contributed by atoms with Gasteiger partial charge >= 0.3 is 6.09 Å². The molecule has 2 unspecified atom stereocenters. The first-order valence-corrected chi connectivity index (χ1v) is 21.0. The number of hydrogen-bond acceptors (Lipinski definition) is 13. The van der Waals surface area contributed by atoms with Crippen LogP contribution in [0.2, 0.25) is 0 Å². The van der Waals surface area contributed by atoms with E-state index < -0.39 is 17.4 Å². The lowest BCUT2D eigenvalue weighted by molar-refractivity contribution is -0.186. The van der Waals surface area contributed by atoms with Crippen molar-refractivity contribution in [3.63, 3.8) is 0 Å². The number of unbranched alkanes of at least 4 members (excludes halogenated alkanes) is 5. The smallest absolute Gasteiger partial charge is 0.420 e. The Bertz CT molecular complexity index is 2030. The van der Waals surface area contributed by atoms with Crippen molar-refractivity contribution in [3.05, 3.63) is 83.7 Å². The molecule has 57 heavy (non-hydrogen) atoms. The highest BCUT2D eigenvalue weighted by Gasteiger charge is 2.22. The summed E-state index contributed by atoms with van der Waals surface area (Å²) >= 11 is -0.374. The van der Waals surface area contributed by atoms with Crippen LogP contribution in [0.25, 0.3) is 5.65 Å². The van der Waals surface area contributed by atoms with Gasteiger partial charge in [-0.3, -0.25) is 10.00 Å². The normalized spacial score (nSPS) is 12.1.